The monoisotopic (exact) mass is 312 g/mol. The summed E-state index contributed by atoms with van der Waals surface area (Å²) in [4.78, 5) is 2.32. The minimum atomic E-state index is 0.754. The number of nitrogens with zero attached hydrogens (tertiary/aromatic N) is 1. The first-order valence-corrected chi connectivity index (χ1v) is 7.54. The molecule has 0 unspecified atom stereocenters. The zero-order valence-electron chi connectivity index (χ0n) is 12.0. The van der Waals surface area contributed by atoms with Gasteiger partial charge in [0.1, 0.15) is 0 Å². The van der Waals surface area contributed by atoms with Crippen molar-refractivity contribution in [2.24, 2.45) is 5.92 Å². The van der Waals surface area contributed by atoms with Crippen molar-refractivity contribution in [1.29, 1.82) is 0 Å². The second kappa shape index (κ2) is 7.80. The minimum absolute atomic E-state index is 0.754. The number of hydrogen-bond donors (Lipinski definition) is 1. The molecule has 0 spiro atoms. The van der Waals surface area contributed by atoms with E-state index in [4.69, 9.17) is 0 Å². The molecule has 0 radical (unpaired) electrons. The number of nitrogens with one attached hydrogen (secondary N) is 1. The van der Waals surface area contributed by atoms with Crippen LogP contribution < -0.4 is 10.2 Å². The molecule has 1 aromatic carbocycles. The predicted octanol–water partition coefficient (Wildman–Crippen LogP) is 4.04. The molecule has 0 aliphatic carbocycles. The fourth-order valence-corrected chi connectivity index (χ4v) is 2.26. The average molecular weight is 313 g/mol. The molecular weight excluding hydrogens is 288 g/mol. The summed E-state index contributed by atoms with van der Waals surface area (Å²) in [6, 6.07) is 6.62. The lowest BCUT2D eigenvalue weighted by molar-refractivity contribution is 0.585. The van der Waals surface area contributed by atoms with Crippen molar-refractivity contribution >= 4 is 21.6 Å². The number of hydrogen-bond acceptors (Lipinski definition) is 2. The van der Waals surface area contributed by atoms with E-state index < -0.39 is 0 Å². The zero-order chi connectivity index (χ0) is 13.5. The molecule has 0 fully saturated rings. The molecule has 0 aliphatic rings. The van der Waals surface area contributed by atoms with Crippen LogP contribution in [0.25, 0.3) is 0 Å². The van der Waals surface area contributed by atoms with Gasteiger partial charge in [-0.2, -0.15) is 0 Å². The number of rotatable bonds is 7. The summed E-state index contributed by atoms with van der Waals surface area (Å²) in [5.74, 6) is 0.754. The second-order valence-electron chi connectivity index (χ2n) is 5.16. The van der Waals surface area contributed by atoms with Crippen LogP contribution >= 0.6 is 15.9 Å². The summed E-state index contributed by atoms with van der Waals surface area (Å²) in [5.41, 5.74) is 2.60. The van der Waals surface area contributed by atoms with Crippen LogP contribution in [0.1, 0.15) is 32.8 Å². The summed E-state index contributed by atoms with van der Waals surface area (Å²) in [6.07, 6.45) is 1.23. The maximum atomic E-state index is 3.66. The first-order valence-electron chi connectivity index (χ1n) is 6.74. The Bertz CT molecular complexity index is 364. The van der Waals surface area contributed by atoms with Crippen molar-refractivity contribution in [2.75, 3.05) is 25.0 Å². The van der Waals surface area contributed by atoms with Gasteiger partial charge in [0.2, 0.25) is 0 Å². The molecule has 0 heterocycles. The van der Waals surface area contributed by atoms with E-state index in [2.05, 4.69) is 72.2 Å². The topological polar surface area (TPSA) is 15.3 Å². The molecule has 18 heavy (non-hydrogen) atoms. The van der Waals surface area contributed by atoms with Crippen LogP contribution in [-0.4, -0.2) is 20.1 Å². The van der Waals surface area contributed by atoms with Crippen molar-refractivity contribution in [2.45, 2.75) is 33.7 Å². The highest BCUT2D eigenvalue weighted by Crippen LogP contribution is 2.24. The van der Waals surface area contributed by atoms with Crippen LogP contribution in [0.3, 0.4) is 0 Å². The van der Waals surface area contributed by atoms with Crippen LogP contribution in [0.15, 0.2) is 22.7 Å². The third-order valence-corrected chi connectivity index (χ3v) is 3.82. The normalized spacial score (nSPS) is 11.0. The summed E-state index contributed by atoms with van der Waals surface area (Å²) in [7, 11) is 2.16. The highest BCUT2D eigenvalue weighted by atomic mass is 79.9. The first kappa shape index (κ1) is 15.5. The van der Waals surface area contributed by atoms with E-state index in [0.717, 1.165) is 25.6 Å². The lowest BCUT2D eigenvalue weighted by atomic mass is 10.1. The maximum absolute atomic E-state index is 3.66. The molecule has 0 bridgehead atoms. The number of halogens is 1. The van der Waals surface area contributed by atoms with Crippen molar-refractivity contribution in [1.82, 2.24) is 5.32 Å². The summed E-state index contributed by atoms with van der Waals surface area (Å²) in [5, 5.41) is 3.35. The van der Waals surface area contributed by atoms with Crippen molar-refractivity contribution < 1.29 is 0 Å². The molecule has 0 atom stereocenters. The van der Waals surface area contributed by atoms with Gasteiger partial charge in [0.15, 0.2) is 0 Å². The fraction of sp³-hybridized carbons (Fsp3) is 0.600. The van der Waals surface area contributed by atoms with Gasteiger partial charge < -0.3 is 10.2 Å². The van der Waals surface area contributed by atoms with Gasteiger partial charge in [-0.3, -0.25) is 0 Å². The van der Waals surface area contributed by atoms with Crippen LogP contribution in [-0.2, 0) is 6.54 Å². The van der Waals surface area contributed by atoms with Crippen molar-refractivity contribution in [3.63, 3.8) is 0 Å². The molecule has 1 N–H and O–H groups in total. The predicted molar refractivity (Wildman–Crippen MR) is 84.2 cm³/mol. The van der Waals surface area contributed by atoms with Gasteiger partial charge in [-0.05, 0) is 36.6 Å². The van der Waals surface area contributed by atoms with E-state index in [1.807, 2.05) is 0 Å². The van der Waals surface area contributed by atoms with Crippen LogP contribution in [0, 0.1) is 5.92 Å². The lowest BCUT2D eigenvalue weighted by Crippen LogP contribution is -2.20. The molecule has 1 aromatic rings. The fourth-order valence-electron chi connectivity index (χ4n) is 1.76. The highest BCUT2D eigenvalue weighted by molar-refractivity contribution is 9.10. The Hall–Kier alpha value is -0.540. The van der Waals surface area contributed by atoms with Gasteiger partial charge in [-0.25, -0.2) is 0 Å². The van der Waals surface area contributed by atoms with E-state index in [1.165, 1.54) is 22.1 Å². The Labute approximate surface area is 120 Å². The Morgan fingerprint density at radius 2 is 2.06 bits per heavy atom. The first-order chi connectivity index (χ1) is 8.54. The zero-order valence-corrected chi connectivity index (χ0v) is 13.5. The van der Waals surface area contributed by atoms with Gasteiger partial charge in [0.05, 0.1) is 0 Å². The third kappa shape index (κ3) is 4.99. The Balaban J connectivity index is 2.65. The highest BCUT2D eigenvalue weighted by Gasteiger charge is 2.05. The van der Waals surface area contributed by atoms with E-state index in [-0.39, 0.29) is 0 Å². The largest absolute Gasteiger partial charge is 0.375 e. The van der Waals surface area contributed by atoms with Crippen molar-refractivity contribution in [3.05, 3.63) is 28.2 Å². The summed E-state index contributed by atoms with van der Waals surface area (Å²) >= 11 is 3.66. The summed E-state index contributed by atoms with van der Waals surface area (Å²) < 4.78 is 1.19. The molecular formula is C15H25BrN2. The van der Waals surface area contributed by atoms with Gasteiger partial charge in [0, 0.05) is 30.3 Å². The number of benzene rings is 1. The standard InChI is InChI=1S/C15H25BrN2/c1-5-17-11-13-6-7-14(10-15(13)16)18(4)9-8-12(2)3/h6-7,10,12,17H,5,8-9,11H2,1-4H3. The van der Waals surface area contributed by atoms with E-state index in [1.54, 1.807) is 0 Å². The smallest absolute Gasteiger partial charge is 0.0375 e. The van der Waals surface area contributed by atoms with Gasteiger partial charge in [0.25, 0.3) is 0 Å². The van der Waals surface area contributed by atoms with E-state index in [9.17, 15) is 0 Å². The number of anilines is 1. The van der Waals surface area contributed by atoms with Crippen LogP contribution in [0.4, 0.5) is 5.69 Å². The average Bonchev–Trinajstić information content (AvgIpc) is 2.34. The van der Waals surface area contributed by atoms with Gasteiger partial charge in [-0.1, -0.05) is 42.8 Å². The van der Waals surface area contributed by atoms with Gasteiger partial charge in [-0.15, -0.1) is 0 Å². The van der Waals surface area contributed by atoms with Crippen LogP contribution in [0.5, 0.6) is 0 Å². The molecule has 102 valence electrons. The molecule has 0 saturated carbocycles. The van der Waals surface area contributed by atoms with E-state index >= 15 is 0 Å². The SMILES string of the molecule is CCNCc1ccc(N(C)CCC(C)C)cc1Br. The second-order valence-corrected chi connectivity index (χ2v) is 6.01. The Kier molecular flexibility index (Phi) is 6.72. The van der Waals surface area contributed by atoms with Crippen LogP contribution in [0.2, 0.25) is 0 Å². The molecule has 1 rings (SSSR count). The minimum Gasteiger partial charge on any atom is -0.375 e. The molecule has 0 saturated heterocycles. The molecule has 2 nitrogen and oxygen atoms in total. The molecule has 0 amide bonds. The summed E-state index contributed by atoms with van der Waals surface area (Å²) in [6.45, 7) is 9.70. The lowest BCUT2D eigenvalue weighted by Gasteiger charge is -2.21. The van der Waals surface area contributed by atoms with E-state index in [0.29, 0.717) is 0 Å². The maximum Gasteiger partial charge on any atom is 0.0375 e. The molecule has 0 aliphatic heterocycles. The Morgan fingerprint density at radius 3 is 2.61 bits per heavy atom. The quantitative estimate of drug-likeness (QED) is 0.817. The molecule has 0 aromatic heterocycles. The third-order valence-electron chi connectivity index (χ3n) is 3.08. The van der Waals surface area contributed by atoms with Gasteiger partial charge >= 0.3 is 0 Å². The Morgan fingerprint density at radius 1 is 1.33 bits per heavy atom. The van der Waals surface area contributed by atoms with Crippen molar-refractivity contribution in [3.8, 4) is 0 Å². The molecule has 3 heteroatoms.